The number of carbonyl (C=O) groups is 1. The lowest BCUT2D eigenvalue weighted by Crippen LogP contribution is -2.25. The van der Waals surface area contributed by atoms with Crippen molar-refractivity contribution in [1.29, 1.82) is 0 Å². The molecule has 86 valence electrons. The number of amides is 1. The Kier molecular flexibility index (Phi) is 3.08. The number of aromatic nitrogens is 1. The lowest BCUT2D eigenvalue weighted by molar-refractivity contribution is 0.0951. The first-order valence-corrected chi connectivity index (χ1v) is 5.68. The van der Waals surface area contributed by atoms with E-state index in [1.54, 1.807) is 12.3 Å². The second kappa shape index (κ2) is 4.51. The minimum Gasteiger partial charge on any atom is -0.368 e. The highest BCUT2D eigenvalue weighted by Gasteiger charge is 2.23. The fraction of sp³-hybridized carbons (Fsp3) is 0.500. The summed E-state index contributed by atoms with van der Waals surface area (Å²) in [6.07, 6.45) is 3.82. The number of anilines is 1. The molecule has 0 atom stereocenters. The summed E-state index contributed by atoms with van der Waals surface area (Å²) >= 11 is 0. The first-order chi connectivity index (χ1) is 7.65. The molecule has 1 heterocycles. The molecule has 1 aromatic rings. The topological polar surface area (TPSA) is 54.0 Å². The first kappa shape index (κ1) is 10.9. The Balaban J connectivity index is 1.97. The van der Waals surface area contributed by atoms with Gasteiger partial charge in [0.05, 0.1) is 5.56 Å². The highest BCUT2D eigenvalue weighted by atomic mass is 16.1. The number of nitrogens with one attached hydrogen (secondary N) is 2. The van der Waals surface area contributed by atoms with E-state index in [1.165, 1.54) is 0 Å². The second-order valence-electron chi connectivity index (χ2n) is 4.48. The molecular formula is C12H17N3O. The van der Waals surface area contributed by atoms with Crippen molar-refractivity contribution in [3.8, 4) is 0 Å². The third-order valence-electron chi connectivity index (χ3n) is 2.37. The van der Waals surface area contributed by atoms with Crippen molar-refractivity contribution in [1.82, 2.24) is 10.3 Å². The number of carbonyl (C=O) groups excluding carboxylic acids is 1. The van der Waals surface area contributed by atoms with E-state index in [0.29, 0.717) is 17.6 Å². The Bertz CT molecular complexity index is 368. The van der Waals surface area contributed by atoms with Crippen LogP contribution in [-0.4, -0.2) is 23.0 Å². The maximum Gasteiger partial charge on any atom is 0.253 e. The molecule has 1 aromatic heterocycles. The van der Waals surface area contributed by atoms with E-state index in [2.05, 4.69) is 29.5 Å². The van der Waals surface area contributed by atoms with E-state index >= 15 is 0 Å². The van der Waals surface area contributed by atoms with Gasteiger partial charge in [-0.05, 0) is 38.8 Å². The van der Waals surface area contributed by atoms with Crippen LogP contribution in [0.1, 0.15) is 37.0 Å². The third kappa shape index (κ3) is 2.95. The summed E-state index contributed by atoms with van der Waals surface area (Å²) < 4.78 is 0. The molecule has 2 N–H and O–H groups in total. The van der Waals surface area contributed by atoms with Crippen LogP contribution in [0.4, 0.5) is 5.82 Å². The summed E-state index contributed by atoms with van der Waals surface area (Å²) in [6, 6.07) is 4.37. The lowest BCUT2D eigenvalue weighted by atomic mass is 10.2. The normalized spacial score (nSPS) is 14.9. The van der Waals surface area contributed by atoms with Gasteiger partial charge in [0, 0.05) is 18.3 Å². The van der Waals surface area contributed by atoms with Crippen molar-refractivity contribution in [2.45, 2.75) is 38.8 Å². The van der Waals surface area contributed by atoms with Crippen LogP contribution < -0.4 is 10.6 Å². The molecule has 0 aromatic carbocycles. The summed E-state index contributed by atoms with van der Waals surface area (Å²) in [5.41, 5.74) is 0.626. The maximum absolute atomic E-state index is 11.7. The molecule has 1 aliphatic carbocycles. The van der Waals surface area contributed by atoms with Crippen molar-refractivity contribution < 1.29 is 4.79 Å². The third-order valence-corrected chi connectivity index (χ3v) is 2.37. The van der Waals surface area contributed by atoms with Gasteiger partial charge in [-0.2, -0.15) is 0 Å². The van der Waals surface area contributed by atoms with Gasteiger partial charge >= 0.3 is 0 Å². The van der Waals surface area contributed by atoms with E-state index in [1.807, 2.05) is 6.07 Å². The Morgan fingerprint density at radius 3 is 2.69 bits per heavy atom. The average molecular weight is 219 g/mol. The molecule has 2 rings (SSSR count). The van der Waals surface area contributed by atoms with E-state index < -0.39 is 0 Å². The fourth-order valence-electron chi connectivity index (χ4n) is 1.41. The van der Waals surface area contributed by atoms with Crippen LogP contribution >= 0.6 is 0 Å². The molecule has 4 nitrogen and oxygen atoms in total. The smallest absolute Gasteiger partial charge is 0.253 e. The van der Waals surface area contributed by atoms with Gasteiger partial charge in [0.2, 0.25) is 0 Å². The van der Waals surface area contributed by atoms with Gasteiger partial charge in [0.25, 0.3) is 5.91 Å². The van der Waals surface area contributed by atoms with Crippen LogP contribution in [0.15, 0.2) is 18.3 Å². The second-order valence-corrected chi connectivity index (χ2v) is 4.48. The predicted molar refractivity (Wildman–Crippen MR) is 63.5 cm³/mol. The number of hydrogen-bond acceptors (Lipinski definition) is 3. The molecule has 16 heavy (non-hydrogen) atoms. The molecule has 0 spiro atoms. The summed E-state index contributed by atoms with van der Waals surface area (Å²) in [7, 11) is 0. The van der Waals surface area contributed by atoms with Crippen LogP contribution in [0, 0.1) is 0 Å². The largest absolute Gasteiger partial charge is 0.368 e. The molecule has 1 saturated carbocycles. The SMILES string of the molecule is CC(C)Nc1ccc(C(=O)NC2CC2)cn1. The Morgan fingerprint density at radius 1 is 1.44 bits per heavy atom. The predicted octanol–water partition coefficient (Wildman–Crippen LogP) is 1.79. The highest BCUT2D eigenvalue weighted by molar-refractivity contribution is 5.94. The summed E-state index contributed by atoms with van der Waals surface area (Å²) in [6.45, 7) is 4.10. The quantitative estimate of drug-likeness (QED) is 0.811. The molecule has 1 fully saturated rings. The van der Waals surface area contributed by atoms with Crippen LogP contribution in [0.2, 0.25) is 0 Å². The first-order valence-electron chi connectivity index (χ1n) is 5.68. The molecule has 1 amide bonds. The van der Waals surface area contributed by atoms with Gasteiger partial charge in [0.15, 0.2) is 0 Å². The van der Waals surface area contributed by atoms with Gasteiger partial charge in [-0.15, -0.1) is 0 Å². The average Bonchev–Trinajstić information content (AvgIpc) is 3.01. The number of hydrogen-bond donors (Lipinski definition) is 2. The number of pyridine rings is 1. The summed E-state index contributed by atoms with van der Waals surface area (Å²) in [5.74, 6) is 0.782. The molecule has 1 aliphatic rings. The van der Waals surface area contributed by atoms with E-state index in [9.17, 15) is 4.79 Å². The molecule has 0 bridgehead atoms. The van der Waals surface area contributed by atoms with E-state index in [-0.39, 0.29) is 5.91 Å². The fourth-order valence-corrected chi connectivity index (χ4v) is 1.41. The van der Waals surface area contributed by atoms with Crippen molar-refractivity contribution >= 4 is 11.7 Å². The monoisotopic (exact) mass is 219 g/mol. The lowest BCUT2D eigenvalue weighted by Gasteiger charge is -2.09. The molecule has 0 radical (unpaired) electrons. The van der Waals surface area contributed by atoms with Crippen molar-refractivity contribution in [2.75, 3.05) is 5.32 Å². The zero-order chi connectivity index (χ0) is 11.5. The van der Waals surface area contributed by atoms with Gasteiger partial charge in [-0.25, -0.2) is 4.98 Å². The minimum atomic E-state index is -0.0221. The summed E-state index contributed by atoms with van der Waals surface area (Å²) in [4.78, 5) is 15.9. The van der Waals surface area contributed by atoms with Crippen LogP contribution in [-0.2, 0) is 0 Å². The highest BCUT2D eigenvalue weighted by Crippen LogP contribution is 2.19. The standard InChI is InChI=1S/C12H17N3O/c1-8(2)14-11-6-3-9(7-13-11)12(16)15-10-4-5-10/h3,6-8,10H,4-5H2,1-2H3,(H,13,14)(H,15,16). The van der Waals surface area contributed by atoms with Crippen LogP contribution in [0.25, 0.3) is 0 Å². The van der Waals surface area contributed by atoms with Gasteiger partial charge in [-0.1, -0.05) is 0 Å². The molecule has 4 heteroatoms. The van der Waals surface area contributed by atoms with Crippen molar-refractivity contribution in [3.63, 3.8) is 0 Å². The maximum atomic E-state index is 11.7. The van der Waals surface area contributed by atoms with Crippen molar-refractivity contribution in [3.05, 3.63) is 23.9 Å². The number of nitrogens with zero attached hydrogens (tertiary/aromatic N) is 1. The van der Waals surface area contributed by atoms with Gasteiger partial charge in [-0.3, -0.25) is 4.79 Å². The van der Waals surface area contributed by atoms with E-state index in [0.717, 1.165) is 18.7 Å². The van der Waals surface area contributed by atoms with Gasteiger partial charge in [0.1, 0.15) is 5.82 Å². The Morgan fingerprint density at radius 2 is 2.19 bits per heavy atom. The van der Waals surface area contributed by atoms with Crippen LogP contribution in [0.5, 0.6) is 0 Å². The Labute approximate surface area is 95.5 Å². The summed E-state index contributed by atoms with van der Waals surface area (Å²) in [5, 5.41) is 6.11. The van der Waals surface area contributed by atoms with Crippen molar-refractivity contribution in [2.24, 2.45) is 0 Å². The van der Waals surface area contributed by atoms with E-state index in [4.69, 9.17) is 0 Å². The minimum absolute atomic E-state index is 0.0221. The molecule has 0 unspecified atom stereocenters. The molecule has 0 aliphatic heterocycles. The zero-order valence-electron chi connectivity index (χ0n) is 9.66. The molecular weight excluding hydrogens is 202 g/mol. The Hall–Kier alpha value is -1.58. The zero-order valence-corrected chi connectivity index (χ0v) is 9.66. The van der Waals surface area contributed by atoms with Gasteiger partial charge < -0.3 is 10.6 Å². The molecule has 0 saturated heterocycles. The number of rotatable bonds is 4. The van der Waals surface area contributed by atoms with Crippen LogP contribution in [0.3, 0.4) is 0 Å².